The van der Waals surface area contributed by atoms with Crippen molar-refractivity contribution in [3.8, 4) is 0 Å². The minimum Gasteiger partial charge on any atom is -0.371 e. The van der Waals surface area contributed by atoms with Gasteiger partial charge in [0.25, 0.3) is 0 Å². The van der Waals surface area contributed by atoms with Crippen LogP contribution in [0.3, 0.4) is 0 Å². The third-order valence-electron chi connectivity index (χ3n) is 4.80. The summed E-state index contributed by atoms with van der Waals surface area (Å²) in [6, 6.07) is 7.16. The zero-order chi connectivity index (χ0) is 13.1. The van der Waals surface area contributed by atoms with Crippen LogP contribution in [0.4, 0.5) is 5.69 Å². The van der Waals surface area contributed by atoms with Gasteiger partial charge in [0, 0.05) is 18.8 Å². The van der Waals surface area contributed by atoms with E-state index in [-0.39, 0.29) is 0 Å². The van der Waals surface area contributed by atoms with E-state index >= 15 is 0 Å². The molecule has 2 aliphatic rings. The SMILES string of the molecule is NCC1CCCCN(c2ccc3c(c2)CCCC3)C1. The summed E-state index contributed by atoms with van der Waals surface area (Å²) in [6.45, 7) is 3.19. The van der Waals surface area contributed by atoms with Crippen LogP contribution in [0.5, 0.6) is 0 Å². The van der Waals surface area contributed by atoms with Gasteiger partial charge in [0.2, 0.25) is 0 Å². The van der Waals surface area contributed by atoms with Crippen molar-refractivity contribution in [1.82, 2.24) is 0 Å². The molecule has 2 nitrogen and oxygen atoms in total. The molecular formula is C17H26N2. The fourth-order valence-corrected chi connectivity index (χ4v) is 3.57. The fraction of sp³-hybridized carbons (Fsp3) is 0.647. The van der Waals surface area contributed by atoms with E-state index in [0.29, 0.717) is 5.92 Å². The minimum absolute atomic E-state index is 0.679. The lowest BCUT2D eigenvalue weighted by Crippen LogP contribution is -2.31. The summed E-state index contributed by atoms with van der Waals surface area (Å²) in [5.74, 6) is 0.679. The van der Waals surface area contributed by atoms with Gasteiger partial charge in [0.05, 0.1) is 0 Å². The highest BCUT2D eigenvalue weighted by molar-refractivity contribution is 5.52. The van der Waals surface area contributed by atoms with E-state index in [1.54, 1.807) is 11.1 Å². The molecule has 1 aliphatic heterocycles. The predicted molar refractivity (Wildman–Crippen MR) is 81.7 cm³/mol. The maximum atomic E-state index is 5.90. The Morgan fingerprint density at radius 1 is 1.05 bits per heavy atom. The number of hydrogen-bond donors (Lipinski definition) is 1. The molecule has 0 saturated carbocycles. The van der Waals surface area contributed by atoms with E-state index in [1.165, 1.54) is 57.2 Å². The van der Waals surface area contributed by atoms with Gasteiger partial charge < -0.3 is 10.6 Å². The largest absolute Gasteiger partial charge is 0.371 e. The van der Waals surface area contributed by atoms with Crippen molar-refractivity contribution in [2.75, 3.05) is 24.5 Å². The van der Waals surface area contributed by atoms with Crippen molar-refractivity contribution in [3.63, 3.8) is 0 Å². The van der Waals surface area contributed by atoms with Gasteiger partial charge in [-0.15, -0.1) is 0 Å². The van der Waals surface area contributed by atoms with Crippen molar-refractivity contribution >= 4 is 5.69 Å². The highest BCUT2D eigenvalue weighted by Crippen LogP contribution is 2.28. The molecule has 0 aromatic heterocycles. The van der Waals surface area contributed by atoms with Crippen LogP contribution in [0.1, 0.15) is 43.2 Å². The zero-order valence-electron chi connectivity index (χ0n) is 11.9. The number of rotatable bonds is 2. The molecule has 3 rings (SSSR count). The summed E-state index contributed by atoms with van der Waals surface area (Å²) in [4.78, 5) is 2.57. The third kappa shape index (κ3) is 2.94. The zero-order valence-corrected chi connectivity index (χ0v) is 11.9. The first-order valence-corrected chi connectivity index (χ1v) is 7.93. The second-order valence-corrected chi connectivity index (χ2v) is 6.20. The number of nitrogens with zero attached hydrogens (tertiary/aromatic N) is 1. The lowest BCUT2D eigenvalue weighted by molar-refractivity contribution is 0.508. The van der Waals surface area contributed by atoms with Crippen molar-refractivity contribution in [1.29, 1.82) is 0 Å². The number of nitrogens with two attached hydrogens (primary N) is 1. The molecule has 1 fully saturated rings. The first-order chi connectivity index (χ1) is 9.36. The van der Waals surface area contributed by atoms with Gasteiger partial charge >= 0.3 is 0 Å². The smallest absolute Gasteiger partial charge is 0.0369 e. The number of benzene rings is 1. The monoisotopic (exact) mass is 258 g/mol. The van der Waals surface area contributed by atoms with E-state index in [2.05, 4.69) is 23.1 Å². The van der Waals surface area contributed by atoms with Crippen LogP contribution in [0.2, 0.25) is 0 Å². The van der Waals surface area contributed by atoms with Crippen LogP contribution in [-0.2, 0) is 12.8 Å². The van der Waals surface area contributed by atoms with Gasteiger partial charge in [-0.25, -0.2) is 0 Å². The summed E-state index contributed by atoms with van der Waals surface area (Å²) >= 11 is 0. The first kappa shape index (κ1) is 13.0. The fourth-order valence-electron chi connectivity index (χ4n) is 3.57. The van der Waals surface area contributed by atoms with E-state index in [1.807, 2.05) is 0 Å². The summed E-state index contributed by atoms with van der Waals surface area (Å²) < 4.78 is 0. The van der Waals surface area contributed by atoms with E-state index in [9.17, 15) is 0 Å². The molecule has 19 heavy (non-hydrogen) atoms. The van der Waals surface area contributed by atoms with Crippen LogP contribution < -0.4 is 10.6 Å². The molecule has 1 atom stereocenters. The van der Waals surface area contributed by atoms with Gasteiger partial charge in [0.1, 0.15) is 0 Å². The Kier molecular flexibility index (Phi) is 4.07. The summed E-state index contributed by atoms with van der Waals surface area (Å²) in [5, 5.41) is 0. The van der Waals surface area contributed by atoms with E-state index in [4.69, 9.17) is 5.73 Å². The summed E-state index contributed by atoms with van der Waals surface area (Å²) in [7, 11) is 0. The van der Waals surface area contributed by atoms with Crippen molar-refractivity contribution in [2.45, 2.75) is 44.9 Å². The average Bonchev–Trinajstić information content (AvgIpc) is 2.72. The molecule has 1 unspecified atom stereocenters. The second-order valence-electron chi connectivity index (χ2n) is 6.20. The average molecular weight is 258 g/mol. The third-order valence-corrected chi connectivity index (χ3v) is 4.80. The van der Waals surface area contributed by atoms with Crippen molar-refractivity contribution < 1.29 is 0 Å². The molecule has 104 valence electrons. The Bertz CT molecular complexity index is 427. The molecule has 1 saturated heterocycles. The molecule has 0 spiro atoms. The lowest BCUT2D eigenvalue weighted by atomic mass is 9.91. The Morgan fingerprint density at radius 3 is 2.74 bits per heavy atom. The van der Waals surface area contributed by atoms with E-state index in [0.717, 1.165) is 13.1 Å². The molecule has 2 heteroatoms. The van der Waals surface area contributed by atoms with Gasteiger partial charge in [-0.2, -0.15) is 0 Å². The maximum Gasteiger partial charge on any atom is 0.0369 e. The molecule has 2 N–H and O–H groups in total. The molecule has 1 aromatic rings. The van der Waals surface area contributed by atoms with Gasteiger partial charge in [-0.3, -0.25) is 0 Å². The Hall–Kier alpha value is -1.02. The molecule has 1 aliphatic carbocycles. The number of aryl methyl sites for hydroxylation is 2. The maximum absolute atomic E-state index is 5.90. The number of hydrogen-bond acceptors (Lipinski definition) is 2. The molecule has 1 heterocycles. The highest BCUT2D eigenvalue weighted by Gasteiger charge is 2.18. The van der Waals surface area contributed by atoms with Crippen LogP contribution >= 0.6 is 0 Å². The molecule has 1 aromatic carbocycles. The second kappa shape index (κ2) is 5.96. The summed E-state index contributed by atoms with van der Waals surface area (Å²) in [6.07, 6.45) is 9.24. The first-order valence-electron chi connectivity index (χ1n) is 7.93. The Balaban J connectivity index is 1.80. The molecule has 0 bridgehead atoms. The predicted octanol–water partition coefficient (Wildman–Crippen LogP) is 3.13. The quantitative estimate of drug-likeness (QED) is 0.883. The van der Waals surface area contributed by atoms with Gasteiger partial charge in [-0.05, 0) is 74.2 Å². The number of fused-ring (bicyclic) bond motifs is 1. The highest BCUT2D eigenvalue weighted by atomic mass is 15.1. The van der Waals surface area contributed by atoms with Crippen molar-refractivity contribution in [2.24, 2.45) is 11.7 Å². The standard InChI is InChI=1S/C17H26N2/c18-12-14-5-3-4-10-19(13-14)17-9-8-15-6-1-2-7-16(15)11-17/h8-9,11,14H,1-7,10,12-13,18H2. The lowest BCUT2D eigenvalue weighted by Gasteiger charge is -2.27. The topological polar surface area (TPSA) is 29.3 Å². The van der Waals surface area contributed by atoms with Crippen molar-refractivity contribution in [3.05, 3.63) is 29.3 Å². The number of anilines is 1. The normalized spacial score (nSPS) is 23.8. The van der Waals surface area contributed by atoms with E-state index < -0.39 is 0 Å². The van der Waals surface area contributed by atoms with Crippen LogP contribution in [-0.4, -0.2) is 19.6 Å². The van der Waals surface area contributed by atoms with Crippen LogP contribution in [0.25, 0.3) is 0 Å². The molecule has 0 radical (unpaired) electrons. The minimum atomic E-state index is 0.679. The summed E-state index contributed by atoms with van der Waals surface area (Å²) in [5.41, 5.74) is 10.5. The Labute approximate surface area is 117 Å². The molecule has 0 amide bonds. The molecular weight excluding hydrogens is 232 g/mol. The van der Waals surface area contributed by atoms with Gasteiger partial charge in [0.15, 0.2) is 0 Å². The Morgan fingerprint density at radius 2 is 1.89 bits per heavy atom. The van der Waals surface area contributed by atoms with Crippen LogP contribution in [0.15, 0.2) is 18.2 Å². The van der Waals surface area contributed by atoms with Gasteiger partial charge in [-0.1, -0.05) is 12.5 Å². The van der Waals surface area contributed by atoms with Crippen LogP contribution in [0, 0.1) is 5.92 Å².